The fraction of sp³-hybridized carbons (Fsp3) is 0.690. The molecule has 0 aliphatic heterocycles. The fourth-order valence-electron chi connectivity index (χ4n) is 4.20. The van der Waals surface area contributed by atoms with E-state index in [1.54, 1.807) is 25.7 Å². The maximum absolute atomic E-state index is 13.6. The van der Waals surface area contributed by atoms with Crippen molar-refractivity contribution in [3.8, 4) is 0 Å². The van der Waals surface area contributed by atoms with Crippen LogP contribution < -0.4 is 10.6 Å². The Balaban J connectivity index is 3.34. The Morgan fingerprint density at radius 1 is 0.944 bits per heavy atom. The summed E-state index contributed by atoms with van der Waals surface area (Å²) in [6.07, 6.45) is 3.99. The summed E-state index contributed by atoms with van der Waals surface area (Å²) in [5.74, 6) is -0.0464. The Morgan fingerprint density at radius 2 is 1.56 bits per heavy atom. The number of alkyl carbamates (subject to hydrolysis) is 1. The SMILES string of the molecule is CCCCCNC(=O)C(c1cc(C)cc(C)c1)N(C(=O)CNC(=O)OC(C)(C)C)C(C)CCC(C)C. The van der Waals surface area contributed by atoms with E-state index in [-0.39, 0.29) is 24.4 Å². The maximum Gasteiger partial charge on any atom is 0.408 e. The highest BCUT2D eigenvalue weighted by Crippen LogP contribution is 2.28. The third-order valence-corrected chi connectivity index (χ3v) is 5.87. The monoisotopic (exact) mass is 503 g/mol. The zero-order valence-electron chi connectivity index (χ0n) is 24.0. The summed E-state index contributed by atoms with van der Waals surface area (Å²) < 4.78 is 5.31. The molecule has 2 atom stereocenters. The van der Waals surface area contributed by atoms with Crippen LogP contribution >= 0.6 is 0 Å². The molecule has 0 bridgehead atoms. The van der Waals surface area contributed by atoms with Crippen molar-refractivity contribution in [3.63, 3.8) is 0 Å². The number of carbonyl (C=O) groups is 3. The molecule has 0 saturated carbocycles. The molecule has 0 aliphatic carbocycles. The molecule has 1 aromatic carbocycles. The second-order valence-corrected chi connectivity index (χ2v) is 11.3. The van der Waals surface area contributed by atoms with Crippen molar-refractivity contribution in [2.24, 2.45) is 5.92 Å². The van der Waals surface area contributed by atoms with E-state index in [2.05, 4.69) is 37.5 Å². The van der Waals surface area contributed by atoms with Gasteiger partial charge in [-0.15, -0.1) is 0 Å². The number of ether oxygens (including phenoxy) is 1. The van der Waals surface area contributed by atoms with Crippen molar-refractivity contribution in [1.29, 1.82) is 0 Å². The Labute approximate surface area is 218 Å². The molecule has 0 aliphatic rings. The first-order chi connectivity index (χ1) is 16.7. The summed E-state index contributed by atoms with van der Waals surface area (Å²) in [6.45, 7) is 18.0. The van der Waals surface area contributed by atoms with Gasteiger partial charge in [-0.2, -0.15) is 0 Å². The van der Waals surface area contributed by atoms with Crippen LogP contribution in [0.3, 0.4) is 0 Å². The van der Waals surface area contributed by atoms with Crippen molar-refractivity contribution in [2.45, 2.75) is 112 Å². The molecule has 0 fully saturated rings. The van der Waals surface area contributed by atoms with Gasteiger partial charge >= 0.3 is 6.09 Å². The number of benzene rings is 1. The predicted octanol–water partition coefficient (Wildman–Crippen LogP) is 5.83. The number of amides is 3. The molecule has 0 saturated heterocycles. The maximum atomic E-state index is 13.6. The molecule has 7 nitrogen and oxygen atoms in total. The quantitative estimate of drug-likeness (QED) is 0.332. The van der Waals surface area contributed by atoms with Gasteiger partial charge in [0.25, 0.3) is 0 Å². The summed E-state index contributed by atoms with van der Waals surface area (Å²) in [7, 11) is 0. The molecular weight excluding hydrogens is 454 g/mol. The first-order valence-electron chi connectivity index (χ1n) is 13.4. The normalized spacial score (nSPS) is 13.2. The topological polar surface area (TPSA) is 87.7 Å². The third kappa shape index (κ3) is 11.4. The lowest BCUT2D eigenvalue weighted by atomic mass is 9.96. The minimum atomic E-state index is -0.791. The van der Waals surface area contributed by atoms with Crippen LogP contribution in [0.15, 0.2) is 18.2 Å². The van der Waals surface area contributed by atoms with Crippen molar-refractivity contribution < 1.29 is 19.1 Å². The van der Waals surface area contributed by atoms with Crippen LogP contribution in [-0.2, 0) is 14.3 Å². The average Bonchev–Trinajstić information content (AvgIpc) is 2.75. The van der Waals surface area contributed by atoms with Gasteiger partial charge < -0.3 is 20.3 Å². The van der Waals surface area contributed by atoms with Gasteiger partial charge in [0.2, 0.25) is 11.8 Å². The number of rotatable bonds is 13. The molecular formula is C29H49N3O4. The molecule has 2 unspecified atom stereocenters. The lowest BCUT2D eigenvalue weighted by Crippen LogP contribution is -2.51. The number of hydrogen-bond donors (Lipinski definition) is 2. The summed E-state index contributed by atoms with van der Waals surface area (Å²) in [5.41, 5.74) is 2.17. The lowest BCUT2D eigenvalue weighted by molar-refractivity contribution is -0.142. The van der Waals surface area contributed by atoms with E-state index in [1.807, 2.05) is 32.9 Å². The van der Waals surface area contributed by atoms with E-state index in [4.69, 9.17) is 4.74 Å². The van der Waals surface area contributed by atoms with Gasteiger partial charge in [-0.25, -0.2) is 4.79 Å². The lowest BCUT2D eigenvalue weighted by Gasteiger charge is -2.37. The minimum absolute atomic E-state index is 0.196. The van der Waals surface area contributed by atoms with Crippen LogP contribution in [0.25, 0.3) is 0 Å². The molecule has 1 rings (SSSR count). The number of aryl methyl sites for hydroxylation is 2. The Hall–Kier alpha value is -2.57. The summed E-state index contributed by atoms with van der Waals surface area (Å²) >= 11 is 0. The fourth-order valence-corrected chi connectivity index (χ4v) is 4.20. The molecule has 0 radical (unpaired) electrons. The van der Waals surface area contributed by atoms with Crippen LogP contribution in [0.1, 0.15) is 103 Å². The van der Waals surface area contributed by atoms with Crippen LogP contribution in [0.2, 0.25) is 0 Å². The van der Waals surface area contributed by atoms with Gasteiger partial charge in [-0.05, 0) is 72.3 Å². The molecule has 36 heavy (non-hydrogen) atoms. The second-order valence-electron chi connectivity index (χ2n) is 11.3. The summed E-state index contributed by atoms with van der Waals surface area (Å²) in [6, 6.07) is 5.01. The Bertz CT molecular complexity index is 840. The summed E-state index contributed by atoms with van der Waals surface area (Å²) in [4.78, 5) is 41.2. The number of nitrogens with zero attached hydrogens (tertiary/aromatic N) is 1. The average molecular weight is 504 g/mol. The first kappa shape index (κ1) is 31.5. The van der Waals surface area contributed by atoms with Gasteiger partial charge in [-0.3, -0.25) is 9.59 Å². The van der Waals surface area contributed by atoms with E-state index >= 15 is 0 Å². The van der Waals surface area contributed by atoms with E-state index in [0.717, 1.165) is 48.8 Å². The van der Waals surface area contributed by atoms with Gasteiger partial charge in [0.15, 0.2) is 0 Å². The second kappa shape index (κ2) is 14.9. The highest BCUT2D eigenvalue weighted by atomic mass is 16.6. The molecule has 0 aromatic heterocycles. The molecule has 2 N–H and O–H groups in total. The van der Waals surface area contributed by atoms with Gasteiger partial charge in [0, 0.05) is 12.6 Å². The molecule has 1 aromatic rings. The van der Waals surface area contributed by atoms with Gasteiger partial charge in [0.1, 0.15) is 18.2 Å². The van der Waals surface area contributed by atoms with Crippen LogP contribution in [0.4, 0.5) is 4.79 Å². The van der Waals surface area contributed by atoms with Gasteiger partial charge in [0.05, 0.1) is 0 Å². The number of carbonyl (C=O) groups excluding carboxylic acids is 3. The molecule has 204 valence electrons. The van der Waals surface area contributed by atoms with Gasteiger partial charge in [-0.1, -0.05) is 62.9 Å². The molecule has 7 heteroatoms. The van der Waals surface area contributed by atoms with Crippen molar-refractivity contribution >= 4 is 17.9 Å². The first-order valence-corrected chi connectivity index (χ1v) is 13.4. The predicted molar refractivity (Wildman–Crippen MR) is 146 cm³/mol. The smallest absolute Gasteiger partial charge is 0.408 e. The molecule has 0 heterocycles. The standard InChI is InChI=1S/C29H49N3O4/c1-10-11-12-15-30-27(34)26(24-17-21(4)16-22(5)18-24)32(23(6)14-13-20(2)3)25(33)19-31-28(35)36-29(7,8)9/h16-18,20,23,26H,10-15,19H2,1-9H3,(H,30,34)(H,31,35). The largest absolute Gasteiger partial charge is 0.444 e. The zero-order valence-corrected chi connectivity index (χ0v) is 24.0. The summed E-state index contributed by atoms with van der Waals surface area (Å²) in [5, 5.41) is 5.64. The van der Waals surface area contributed by atoms with Crippen LogP contribution in [0, 0.1) is 19.8 Å². The van der Waals surface area contributed by atoms with Crippen molar-refractivity contribution in [1.82, 2.24) is 15.5 Å². The van der Waals surface area contributed by atoms with E-state index in [0.29, 0.717) is 12.5 Å². The third-order valence-electron chi connectivity index (χ3n) is 5.87. The van der Waals surface area contributed by atoms with E-state index in [1.165, 1.54) is 0 Å². The number of nitrogens with one attached hydrogen (secondary N) is 2. The Morgan fingerprint density at radius 3 is 2.08 bits per heavy atom. The molecule has 3 amide bonds. The van der Waals surface area contributed by atoms with Crippen LogP contribution in [0.5, 0.6) is 0 Å². The highest BCUT2D eigenvalue weighted by molar-refractivity contribution is 5.90. The van der Waals surface area contributed by atoms with Crippen molar-refractivity contribution in [2.75, 3.05) is 13.1 Å². The van der Waals surface area contributed by atoms with E-state index < -0.39 is 17.7 Å². The molecule has 0 spiro atoms. The minimum Gasteiger partial charge on any atom is -0.444 e. The Kier molecular flexibility index (Phi) is 13.0. The number of hydrogen-bond acceptors (Lipinski definition) is 4. The van der Waals surface area contributed by atoms with E-state index in [9.17, 15) is 14.4 Å². The highest BCUT2D eigenvalue weighted by Gasteiger charge is 2.35. The van der Waals surface area contributed by atoms with Crippen molar-refractivity contribution in [3.05, 3.63) is 34.9 Å². The zero-order chi connectivity index (χ0) is 27.5. The van der Waals surface area contributed by atoms with Crippen LogP contribution in [-0.4, -0.2) is 47.5 Å². The number of unbranched alkanes of at least 4 members (excludes halogenated alkanes) is 2.